The SMILES string of the molecule is c1ccc2c(c1)-c1ccc(-c3c4ccccc4c(-c4ccc5c(c4)sc4ccccc45)c4ccccc34)cc1C21C2CC3CC4CC1C4(C3)C2. The lowest BCUT2D eigenvalue weighted by molar-refractivity contribution is -0.0193. The van der Waals surface area contributed by atoms with Crippen LogP contribution in [0.4, 0.5) is 0 Å². The minimum atomic E-state index is 0.179. The van der Waals surface area contributed by atoms with Crippen LogP contribution in [0.2, 0.25) is 0 Å². The third-order valence-corrected chi connectivity index (χ3v) is 15.9. The Labute approximate surface area is 296 Å². The summed E-state index contributed by atoms with van der Waals surface area (Å²) in [6.45, 7) is 0. The van der Waals surface area contributed by atoms with E-state index in [1.54, 1.807) is 11.1 Å². The van der Waals surface area contributed by atoms with Crippen LogP contribution in [0.5, 0.6) is 0 Å². The molecular weight excluding hydrogens is 621 g/mol. The first kappa shape index (κ1) is 27.1. The van der Waals surface area contributed by atoms with Gasteiger partial charge < -0.3 is 0 Å². The highest BCUT2D eigenvalue weighted by molar-refractivity contribution is 7.25. The van der Waals surface area contributed by atoms with Crippen molar-refractivity contribution >= 4 is 53.1 Å². The van der Waals surface area contributed by atoms with Crippen molar-refractivity contribution in [2.24, 2.45) is 29.1 Å². The first-order valence-electron chi connectivity index (χ1n) is 18.8. The van der Waals surface area contributed by atoms with Crippen molar-refractivity contribution in [1.82, 2.24) is 0 Å². The normalized spacial score (nSPS) is 28.2. The summed E-state index contributed by atoms with van der Waals surface area (Å²) in [5.74, 6) is 3.51. The summed E-state index contributed by atoms with van der Waals surface area (Å²) < 4.78 is 2.72. The molecule has 50 heavy (non-hydrogen) atoms. The fraction of sp³-hybridized carbons (Fsp3) is 0.224. The predicted molar refractivity (Wildman–Crippen MR) is 211 cm³/mol. The molecule has 7 aromatic carbocycles. The molecule has 0 nitrogen and oxygen atoms in total. The van der Waals surface area contributed by atoms with Crippen molar-refractivity contribution in [2.45, 2.75) is 37.5 Å². The standard InChI is InChI=1S/C49H36S/c1-3-13-39-37(11-1)46(38-12-2-4-14-40(38)47(39)30-18-20-36-35-10-6-8-16-43(35)50-44(36)24-30)29-17-19-34-33-9-5-7-15-41(33)49(42(34)23-29)32-22-28-21-31-25-45(49)48(31,26-28)27-32/h1-20,23-24,28,31-32,45H,21-22,25-27H2. The van der Waals surface area contributed by atoms with Crippen molar-refractivity contribution in [3.8, 4) is 33.4 Å². The fourth-order valence-corrected chi connectivity index (χ4v) is 14.4. The van der Waals surface area contributed by atoms with Gasteiger partial charge in [-0.2, -0.15) is 0 Å². The zero-order valence-corrected chi connectivity index (χ0v) is 28.8. The molecule has 1 heterocycles. The zero-order chi connectivity index (χ0) is 32.3. The van der Waals surface area contributed by atoms with Crippen LogP contribution >= 0.6 is 11.3 Å². The van der Waals surface area contributed by atoms with Gasteiger partial charge in [0.05, 0.1) is 0 Å². The van der Waals surface area contributed by atoms with Gasteiger partial charge in [0, 0.05) is 25.6 Å². The van der Waals surface area contributed by atoms with Crippen molar-refractivity contribution in [2.75, 3.05) is 0 Å². The first-order chi connectivity index (χ1) is 24.7. The van der Waals surface area contributed by atoms with E-state index in [2.05, 4.69) is 133 Å². The molecule has 2 spiro atoms. The molecule has 1 aromatic heterocycles. The third-order valence-electron chi connectivity index (χ3n) is 14.8. The Hall–Kier alpha value is -4.72. The second-order valence-corrected chi connectivity index (χ2v) is 17.6. The average molecular weight is 657 g/mol. The van der Waals surface area contributed by atoms with Crippen LogP contribution in [-0.4, -0.2) is 0 Å². The Morgan fingerprint density at radius 3 is 1.84 bits per heavy atom. The number of thiophene rings is 1. The molecule has 1 heteroatoms. The lowest BCUT2D eigenvalue weighted by Crippen LogP contribution is -2.50. The molecule has 0 amide bonds. The van der Waals surface area contributed by atoms with E-state index < -0.39 is 0 Å². The average Bonchev–Trinajstić information content (AvgIpc) is 3.78. The highest BCUT2D eigenvalue weighted by atomic mass is 32.1. The molecule has 6 atom stereocenters. The molecule has 0 N–H and O–H groups in total. The van der Waals surface area contributed by atoms with E-state index in [1.807, 2.05) is 11.3 Å². The Morgan fingerprint density at radius 1 is 0.460 bits per heavy atom. The molecule has 238 valence electrons. The maximum Gasteiger partial charge on any atom is 0.0361 e. The first-order valence-corrected chi connectivity index (χ1v) is 19.6. The van der Waals surface area contributed by atoms with Gasteiger partial charge in [0.1, 0.15) is 0 Å². The molecule has 0 aliphatic heterocycles. The largest absolute Gasteiger partial charge is 0.135 e. The van der Waals surface area contributed by atoms with Crippen LogP contribution in [0.1, 0.15) is 43.2 Å². The lowest BCUT2D eigenvalue weighted by Gasteiger charge is -2.54. The van der Waals surface area contributed by atoms with Crippen LogP contribution in [0.15, 0.2) is 133 Å². The van der Waals surface area contributed by atoms with Gasteiger partial charge in [-0.3, -0.25) is 0 Å². The van der Waals surface area contributed by atoms with Crippen LogP contribution in [-0.2, 0) is 5.41 Å². The van der Waals surface area contributed by atoms with E-state index in [9.17, 15) is 0 Å². The van der Waals surface area contributed by atoms with Crippen molar-refractivity contribution in [3.05, 3.63) is 145 Å². The van der Waals surface area contributed by atoms with Crippen molar-refractivity contribution in [3.63, 3.8) is 0 Å². The van der Waals surface area contributed by atoms with Crippen LogP contribution in [0.25, 0.3) is 75.1 Å². The third kappa shape index (κ3) is 3.05. The molecule has 8 aromatic rings. The Bertz CT molecular complexity index is 2740. The molecule has 0 radical (unpaired) electrons. The van der Waals surface area contributed by atoms with E-state index in [4.69, 9.17) is 0 Å². The minimum Gasteiger partial charge on any atom is -0.135 e. The Kier molecular flexibility index (Phi) is 4.94. The molecule has 13 rings (SSSR count). The quantitative estimate of drug-likeness (QED) is 0.162. The molecule has 6 unspecified atom stereocenters. The van der Waals surface area contributed by atoms with Gasteiger partial charge in [-0.15, -0.1) is 11.3 Å². The summed E-state index contributed by atoms with van der Waals surface area (Å²) in [7, 11) is 0. The lowest BCUT2D eigenvalue weighted by atomic mass is 9.49. The molecule has 3 bridgehead atoms. The summed E-state index contributed by atoms with van der Waals surface area (Å²) >= 11 is 1.91. The van der Waals surface area contributed by atoms with E-state index >= 15 is 0 Å². The minimum absolute atomic E-state index is 0.179. The maximum absolute atomic E-state index is 2.70. The van der Waals surface area contributed by atoms with Gasteiger partial charge in [-0.05, 0) is 145 Å². The van der Waals surface area contributed by atoms with Crippen molar-refractivity contribution < 1.29 is 0 Å². The number of benzene rings is 7. The zero-order valence-electron chi connectivity index (χ0n) is 28.0. The molecular formula is C49H36S. The van der Waals surface area contributed by atoms with Gasteiger partial charge in [-0.25, -0.2) is 0 Å². The van der Waals surface area contributed by atoms with E-state index in [0.717, 1.165) is 23.7 Å². The van der Waals surface area contributed by atoms with E-state index in [-0.39, 0.29) is 5.41 Å². The van der Waals surface area contributed by atoms with Gasteiger partial charge in [0.2, 0.25) is 0 Å². The second-order valence-electron chi connectivity index (χ2n) is 16.5. The van der Waals surface area contributed by atoms with Gasteiger partial charge in [-0.1, -0.05) is 115 Å². The summed E-state index contributed by atoms with van der Waals surface area (Å²) in [5, 5.41) is 8.11. The number of fused-ring (bicyclic) bond motifs is 14. The smallest absolute Gasteiger partial charge is 0.0361 e. The van der Waals surface area contributed by atoms with Crippen molar-refractivity contribution in [1.29, 1.82) is 0 Å². The summed E-state index contributed by atoms with van der Waals surface area (Å²) in [5.41, 5.74) is 12.6. The monoisotopic (exact) mass is 656 g/mol. The highest BCUT2D eigenvalue weighted by Crippen LogP contribution is 2.83. The summed E-state index contributed by atoms with van der Waals surface area (Å²) in [4.78, 5) is 0. The van der Waals surface area contributed by atoms with Gasteiger partial charge in [0.25, 0.3) is 0 Å². The Morgan fingerprint density at radius 2 is 1.06 bits per heavy atom. The second kappa shape index (κ2) is 9.14. The molecule has 0 saturated heterocycles. The topological polar surface area (TPSA) is 0 Å². The molecule has 5 aliphatic rings. The van der Waals surface area contributed by atoms with E-state index in [0.29, 0.717) is 5.41 Å². The maximum atomic E-state index is 2.70. The Balaban J connectivity index is 1.07. The highest BCUT2D eigenvalue weighted by Gasteiger charge is 2.76. The predicted octanol–water partition coefficient (Wildman–Crippen LogP) is 13.4. The summed E-state index contributed by atoms with van der Waals surface area (Å²) in [6.07, 6.45) is 7.34. The number of hydrogen-bond acceptors (Lipinski definition) is 1. The van der Waals surface area contributed by atoms with Gasteiger partial charge in [0.15, 0.2) is 0 Å². The van der Waals surface area contributed by atoms with Crippen LogP contribution in [0, 0.1) is 29.1 Å². The molecule has 5 aliphatic carbocycles. The number of rotatable bonds is 2. The summed E-state index contributed by atoms with van der Waals surface area (Å²) in [6, 6.07) is 51.7. The van der Waals surface area contributed by atoms with Gasteiger partial charge >= 0.3 is 0 Å². The fourth-order valence-electron chi connectivity index (χ4n) is 13.3. The van der Waals surface area contributed by atoms with Crippen LogP contribution < -0.4 is 0 Å². The van der Waals surface area contributed by atoms with E-state index in [1.165, 1.54) is 107 Å². The number of hydrogen-bond donors (Lipinski definition) is 0. The van der Waals surface area contributed by atoms with Crippen LogP contribution in [0.3, 0.4) is 0 Å². The molecule has 4 fully saturated rings. The molecule has 4 saturated carbocycles.